The highest BCUT2D eigenvalue weighted by atomic mass is 32.2. The number of fused-ring (bicyclic) bond motifs is 1. The van der Waals surface area contributed by atoms with Crippen LogP contribution in [0.5, 0.6) is 0 Å². The lowest BCUT2D eigenvalue weighted by molar-refractivity contribution is -0.180. The van der Waals surface area contributed by atoms with E-state index < -0.39 is 70.3 Å². The van der Waals surface area contributed by atoms with Gasteiger partial charge in [0.2, 0.25) is 0 Å². The van der Waals surface area contributed by atoms with Crippen molar-refractivity contribution in [2.45, 2.75) is 68.3 Å². The molecule has 3 saturated carbocycles. The van der Waals surface area contributed by atoms with E-state index in [-0.39, 0.29) is 36.6 Å². The first kappa shape index (κ1) is 25.1. The number of halogens is 4. The first-order valence-electron chi connectivity index (χ1n) is 11.0. The summed E-state index contributed by atoms with van der Waals surface area (Å²) in [5.41, 5.74) is 0. The summed E-state index contributed by atoms with van der Waals surface area (Å²) in [5, 5.41) is -5.76. The smallest absolute Gasteiger partial charge is 0.431 e. The Balaban J connectivity index is 1.34. The minimum absolute atomic E-state index is 0.00458. The Morgan fingerprint density at radius 2 is 1.68 bits per heavy atom. The van der Waals surface area contributed by atoms with E-state index in [1.807, 2.05) is 0 Å². The van der Waals surface area contributed by atoms with Crippen molar-refractivity contribution in [3.05, 3.63) is 0 Å². The number of carbonyl (C=O) groups is 3. The number of rotatable bonds is 8. The molecule has 1 aliphatic heterocycles. The topological polar surface area (TPSA) is 133 Å². The van der Waals surface area contributed by atoms with Gasteiger partial charge in [-0.1, -0.05) is 12.8 Å². The van der Waals surface area contributed by atoms with E-state index in [4.69, 9.17) is 14.0 Å². The van der Waals surface area contributed by atoms with Gasteiger partial charge < -0.3 is 14.2 Å². The standard InChI is InChI=1S/C20H24F4O9S/c21-19(22,20(23,24)34(28,29)30)5-6-31-16(25)10-3-1-2-4-11(10)17(26)32-14-9-7-12-13(8-9)18(27)33-15(12)14/h9-15H,1-8H2,(H,28,29,30). The summed E-state index contributed by atoms with van der Waals surface area (Å²) in [6.45, 7) is -1.25. The largest absolute Gasteiger partial charge is 0.465 e. The number of hydrogen-bond acceptors (Lipinski definition) is 8. The molecule has 4 fully saturated rings. The zero-order valence-electron chi connectivity index (χ0n) is 17.8. The summed E-state index contributed by atoms with van der Waals surface area (Å²) < 4.78 is 98.9. The van der Waals surface area contributed by atoms with Crippen LogP contribution >= 0.6 is 0 Å². The zero-order valence-corrected chi connectivity index (χ0v) is 18.6. The summed E-state index contributed by atoms with van der Waals surface area (Å²) in [5.74, 6) is -9.41. The maximum Gasteiger partial charge on any atom is 0.431 e. The van der Waals surface area contributed by atoms with Crippen molar-refractivity contribution in [1.29, 1.82) is 0 Å². The van der Waals surface area contributed by atoms with Crippen molar-refractivity contribution >= 4 is 28.0 Å². The van der Waals surface area contributed by atoms with Gasteiger partial charge in [0.25, 0.3) is 0 Å². The Morgan fingerprint density at radius 1 is 1.06 bits per heavy atom. The van der Waals surface area contributed by atoms with Crippen LogP contribution in [0.2, 0.25) is 0 Å². The van der Waals surface area contributed by atoms with Gasteiger partial charge in [0, 0.05) is 11.8 Å². The van der Waals surface area contributed by atoms with Crippen molar-refractivity contribution in [2.24, 2.45) is 29.6 Å². The molecule has 9 nitrogen and oxygen atoms in total. The van der Waals surface area contributed by atoms with E-state index >= 15 is 0 Å². The fourth-order valence-electron chi connectivity index (χ4n) is 5.70. The predicted octanol–water partition coefficient (Wildman–Crippen LogP) is 2.34. The molecule has 1 saturated heterocycles. The van der Waals surface area contributed by atoms with E-state index in [1.165, 1.54) is 0 Å². The first-order valence-corrected chi connectivity index (χ1v) is 12.5. The summed E-state index contributed by atoms with van der Waals surface area (Å²) in [7, 11) is -6.39. The number of carbonyl (C=O) groups excluding carboxylic acids is 3. The minimum Gasteiger partial charge on any atom is -0.465 e. The maximum atomic E-state index is 13.6. The number of ether oxygens (including phenoxy) is 3. The van der Waals surface area contributed by atoms with Gasteiger partial charge in [0.1, 0.15) is 12.2 Å². The van der Waals surface area contributed by atoms with Crippen LogP contribution in [-0.4, -0.2) is 60.9 Å². The van der Waals surface area contributed by atoms with Crippen molar-refractivity contribution in [1.82, 2.24) is 0 Å². The van der Waals surface area contributed by atoms with Crippen LogP contribution in [0.4, 0.5) is 17.6 Å². The Hall–Kier alpha value is -1.96. The Labute approximate surface area is 192 Å². The van der Waals surface area contributed by atoms with Gasteiger partial charge in [-0.25, -0.2) is 0 Å². The van der Waals surface area contributed by atoms with Crippen molar-refractivity contribution in [3.63, 3.8) is 0 Å². The van der Waals surface area contributed by atoms with E-state index in [9.17, 15) is 40.4 Å². The highest BCUT2D eigenvalue weighted by Gasteiger charge is 2.65. The molecule has 4 rings (SSSR count). The van der Waals surface area contributed by atoms with Crippen LogP contribution in [0.3, 0.4) is 0 Å². The lowest BCUT2D eigenvalue weighted by Crippen LogP contribution is -2.47. The van der Waals surface area contributed by atoms with Crippen LogP contribution < -0.4 is 0 Å². The van der Waals surface area contributed by atoms with Crippen LogP contribution in [0.25, 0.3) is 0 Å². The van der Waals surface area contributed by atoms with Gasteiger partial charge in [0.15, 0.2) is 0 Å². The quantitative estimate of drug-likeness (QED) is 0.223. The lowest BCUT2D eigenvalue weighted by Gasteiger charge is -2.32. The molecule has 7 atom stereocenters. The summed E-state index contributed by atoms with van der Waals surface area (Å²) in [4.78, 5) is 37.3. The van der Waals surface area contributed by atoms with E-state index in [0.29, 0.717) is 25.7 Å². The van der Waals surface area contributed by atoms with Gasteiger partial charge in [0.05, 0.1) is 30.8 Å². The Kier molecular flexibility index (Phi) is 6.37. The molecule has 1 heterocycles. The van der Waals surface area contributed by atoms with Crippen molar-refractivity contribution < 1.29 is 59.1 Å². The van der Waals surface area contributed by atoms with Crippen molar-refractivity contribution in [2.75, 3.05) is 6.61 Å². The maximum absolute atomic E-state index is 13.6. The van der Waals surface area contributed by atoms with E-state index in [0.717, 1.165) is 0 Å². The number of esters is 3. The second kappa shape index (κ2) is 8.61. The number of alkyl halides is 4. The lowest BCUT2D eigenvalue weighted by atomic mass is 9.79. The van der Waals surface area contributed by atoms with Gasteiger partial charge in [-0.2, -0.15) is 26.0 Å². The Bertz CT molecular complexity index is 969. The fourth-order valence-corrected chi connectivity index (χ4v) is 6.18. The molecule has 0 spiro atoms. The van der Waals surface area contributed by atoms with Crippen LogP contribution in [0, 0.1) is 29.6 Å². The van der Waals surface area contributed by atoms with Gasteiger partial charge in [-0.3, -0.25) is 18.9 Å². The van der Waals surface area contributed by atoms with Crippen LogP contribution in [0.15, 0.2) is 0 Å². The molecule has 7 unspecified atom stereocenters. The molecule has 0 aromatic rings. The molecular formula is C20H24F4O9S. The highest BCUT2D eigenvalue weighted by molar-refractivity contribution is 7.87. The zero-order chi connectivity index (χ0) is 25.1. The third-order valence-electron chi connectivity index (χ3n) is 7.45. The second-order valence-electron chi connectivity index (χ2n) is 9.42. The molecule has 0 aromatic heterocycles. The molecular weight excluding hydrogens is 492 g/mol. The fraction of sp³-hybridized carbons (Fsp3) is 0.850. The van der Waals surface area contributed by atoms with E-state index in [1.54, 1.807) is 0 Å². The average Bonchev–Trinajstić information content (AvgIpc) is 3.38. The average molecular weight is 516 g/mol. The van der Waals surface area contributed by atoms with Crippen LogP contribution in [-0.2, 0) is 38.7 Å². The molecule has 0 aromatic carbocycles. The van der Waals surface area contributed by atoms with Gasteiger partial charge >= 0.3 is 39.2 Å². The van der Waals surface area contributed by atoms with E-state index in [2.05, 4.69) is 4.74 Å². The van der Waals surface area contributed by atoms with Gasteiger partial charge in [-0.15, -0.1) is 0 Å². The monoisotopic (exact) mass is 516 g/mol. The molecule has 4 aliphatic rings. The third-order valence-corrected chi connectivity index (χ3v) is 8.39. The molecule has 34 heavy (non-hydrogen) atoms. The summed E-state index contributed by atoms with van der Waals surface area (Å²) >= 11 is 0. The summed E-state index contributed by atoms with van der Waals surface area (Å²) in [6.07, 6.45) is -0.116. The first-order chi connectivity index (χ1) is 15.7. The highest BCUT2D eigenvalue weighted by Crippen LogP contribution is 2.55. The molecule has 2 bridgehead atoms. The molecule has 1 N–H and O–H groups in total. The van der Waals surface area contributed by atoms with Crippen molar-refractivity contribution in [3.8, 4) is 0 Å². The normalized spacial score (nSPS) is 35.2. The predicted molar refractivity (Wildman–Crippen MR) is 102 cm³/mol. The van der Waals surface area contributed by atoms with Gasteiger partial charge in [-0.05, 0) is 25.7 Å². The number of hydrogen-bond donors (Lipinski definition) is 1. The summed E-state index contributed by atoms with van der Waals surface area (Å²) in [6, 6.07) is 0. The molecule has 14 heteroatoms. The molecule has 3 aliphatic carbocycles. The SMILES string of the molecule is O=C(OCCC(F)(F)C(F)(F)S(=O)(=O)O)C1CCCCC1C(=O)OC1C2CC3C(=O)OC1C3C2. The minimum atomic E-state index is -6.39. The second-order valence-corrected chi connectivity index (χ2v) is 10.9. The van der Waals surface area contributed by atoms with Crippen LogP contribution in [0.1, 0.15) is 44.9 Å². The molecule has 0 radical (unpaired) electrons. The molecule has 0 amide bonds. The third kappa shape index (κ3) is 4.16. The molecule has 192 valence electrons. The Morgan fingerprint density at radius 3 is 2.29 bits per heavy atom.